The lowest BCUT2D eigenvalue weighted by atomic mass is 9.97. The molecule has 5 nitrogen and oxygen atoms in total. The van der Waals surface area contributed by atoms with E-state index in [2.05, 4.69) is 5.32 Å². The molecular formula is C25H23FN2O3. The molecule has 0 unspecified atom stereocenters. The zero-order valence-electron chi connectivity index (χ0n) is 17.2. The van der Waals surface area contributed by atoms with Crippen molar-refractivity contribution >= 4 is 17.5 Å². The summed E-state index contributed by atoms with van der Waals surface area (Å²) in [4.78, 5) is 26.1. The van der Waals surface area contributed by atoms with Crippen molar-refractivity contribution < 1.29 is 18.7 Å². The zero-order valence-corrected chi connectivity index (χ0v) is 17.2. The van der Waals surface area contributed by atoms with Crippen LogP contribution in [0.5, 0.6) is 5.75 Å². The van der Waals surface area contributed by atoms with E-state index in [0.717, 1.165) is 22.4 Å². The summed E-state index contributed by atoms with van der Waals surface area (Å²) in [5.41, 5.74) is 3.52. The Hall–Kier alpha value is -3.67. The number of carbonyl (C=O) groups is 2. The number of rotatable bonds is 6. The number of hydrogen-bond acceptors (Lipinski definition) is 3. The number of fused-ring (bicyclic) bond motifs is 1. The molecule has 3 aromatic carbocycles. The van der Waals surface area contributed by atoms with Gasteiger partial charge in [0.15, 0.2) is 6.61 Å². The summed E-state index contributed by atoms with van der Waals surface area (Å²) >= 11 is 0. The highest BCUT2D eigenvalue weighted by Gasteiger charge is 2.24. The molecule has 3 aromatic rings. The first-order valence-corrected chi connectivity index (χ1v) is 10.1. The van der Waals surface area contributed by atoms with E-state index in [9.17, 15) is 14.0 Å². The molecule has 158 valence electrons. The minimum Gasteiger partial charge on any atom is -0.484 e. The van der Waals surface area contributed by atoms with Crippen LogP contribution in [0.2, 0.25) is 0 Å². The van der Waals surface area contributed by atoms with Crippen molar-refractivity contribution in [2.24, 2.45) is 0 Å². The molecule has 0 bridgehead atoms. The maximum absolute atomic E-state index is 13.4. The van der Waals surface area contributed by atoms with Gasteiger partial charge in [0.1, 0.15) is 11.6 Å². The van der Waals surface area contributed by atoms with Crippen molar-refractivity contribution in [2.75, 3.05) is 19.0 Å². The van der Waals surface area contributed by atoms with Crippen molar-refractivity contribution in [1.82, 2.24) is 4.90 Å². The summed E-state index contributed by atoms with van der Waals surface area (Å²) in [6.07, 6.45) is 1.08. The number of likely N-dealkylation sites (N-methyl/N-ethyl adjacent to an activating group) is 1. The van der Waals surface area contributed by atoms with E-state index in [0.29, 0.717) is 18.6 Å². The Kier molecular flexibility index (Phi) is 5.98. The highest BCUT2D eigenvalue weighted by Crippen LogP contribution is 2.29. The average molecular weight is 418 g/mol. The first-order valence-electron chi connectivity index (χ1n) is 10.1. The average Bonchev–Trinajstić information content (AvgIpc) is 2.79. The van der Waals surface area contributed by atoms with Gasteiger partial charge in [0.2, 0.25) is 5.91 Å². The molecule has 6 heteroatoms. The van der Waals surface area contributed by atoms with E-state index >= 15 is 0 Å². The van der Waals surface area contributed by atoms with Crippen LogP contribution in [-0.2, 0) is 16.0 Å². The van der Waals surface area contributed by atoms with Gasteiger partial charge in [-0.05, 0) is 53.4 Å². The highest BCUT2D eigenvalue weighted by atomic mass is 19.1. The molecule has 0 saturated carbocycles. The SMILES string of the molecule is CN(C(=O)COc1ccc2c(c1)CCC(=O)N2)[C@@H](c1ccccc1)c1ccc(F)cc1. The molecule has 31 heavy (non-hydrogen) atoms. The molecule has 4 rings (SSSR count). The predicted molar refractivity (Wildman–Crippen MR) is 116 cm³/mol. The summed E-state index contributed by atoms with van der Waals surface area (Å²) in [7, 11) is 1.72. The van der Waals surface area contributed by atoms with Crippen molar-refractivity contribution in [3.8, 4) is 5.75 Å². The van der Waals surface area contributed by atoms with Crippen LogP contribution in [0, 0.1) is 5.82 Å². The van der Waals surface area contributed by atoms with E-state index in [1.165, 1.54) is 12.1 Å². The van der Waals surface area contributed by atoms with Crippen LogP contribution in [0.25, 0.3) is 0 Å². The molecule has 0 fully saturated rings. The molecule has 1 N–H and O–H groups in total. The second-order valence-electron chi connectivity index (χ2n) is 7.53. The number of anilines is 1. The molecule has 1 atom stereocenters. The van der Waals surface area contributed by atoms with Gasteiger partial charge in [0, 0.05) is 19.2 Å². The Labute approximate surface area is 180 Å². The van der Waals surface area contributed by atoms with Gasteiger partial charge in [0.25, 0.3) is 5.91 Å². The van der Waals surface area contributed by atoms with Gasteiger partial charge in [0.05, 0.1) is 6.04 Å². The number of nitrogens with one attached hydrogen (secondary N) is 1. The first kappa shape index (κ1) is 20.6. The Morgan fingerprint density at radius 3 is 2.48 bits per heavy atom. The smallest absolute Gasteiger partial charge is 0.261 e. The van der Waals surface area contributed by atoms with Crippen molar-refractivity contribution in [3.63, 3.8) is 0 Å². The van der Waals surface area contributed by atoms with Gasteiger partial charge in [-0.25, -0.2) is 4.39 Å². The monoisotopic (exact) mass is 418 g/mol. The second-order valence-corrected chi connectivity index (χ2v) is 7.53. The fraction of sp³-hybridized carbons (Fsp3) is 0.200. The molecule has 0 radical (unpaired) electrons. The Morgan fingerprint density at radius 2 is 1.74 bits per heavy atom. The highest BCUT2D eigenvalue weighted by molar-refractivity contribution is 5.94. The standard InChI is InChI=1S/C25H23FN2O3/c1-28(25(17-5-3-2-4-6-17)18-7-10-20(26)11-8-18)24(30)16-31-21-12-13-22-19(15-21)9-14-23(29)27-22/h2-8,10-13,15,25H,9,14,16H2,1H3,(H,27,29)/t25-/m0/s1. The first-order chi connectivity index (χ1) is 15.0. The van der Waals surface area contributed by atoms with E-state index in [4.69, 9.17) is 4.74 Å². The number of carbonyl (C=O) groups excluding carboxylic acids is 2. The van der Waals surface area contributed by atoms with Crippen molar-refractivity contribution in [1.29, 1.82) is 0 Å². The van der Waals surface area contributed by atoms with Crippen LogP contribution in [0.1, 0.15) is 29.2 Å². The summed E-state index contributed by atoms with van der Waals surface area (Å²) < 4.78 is 19.2. The number of hydrogen-bond donors (Lipinski definition) is 1. The summed E-state index contributed by atoms with van der Waals surface area (Å²) in [5, 5.41) is 2.83. The summed E-state index contributed by atoms with van der Waals surface area (Å²) in [6, 6.07) is 20.8. The lowest BCUT2D eigenvalue weighted by molar-refractivity contribution is -0.133. The van der Waals surface area contributed by atoms with Gasteiger partial charge in [-0.1, -0.05) is 42.5 Å². The van der Waals surface area contributed by atoms with Crippen LogP contribution in [0.15, 0.2) is 72.8 Å². The summed E-state index contributed by atoms with van der Waals surface area (Å²) in [6.45, 7) is -0.133. The van der Waals surface area contributed by atoms with Crippen molar-refractivity contribution in [2.45, 2.75) is 18.9 Å². The van der Waals surface area contributed by atoms with Gasteiger partial charge in [-0.3, -0.25) is 9.59 Å². The minimum absolute atomic E-state index is 0.00529. The van der Waals surface area contributed by atoms with Gasteiger partial charge in [-0.15, -0.1) is 0 Å². The van der Waals surface area contributed by atoms with Crippen molar-refractivity contribution in [3.05, 3.63) is 95.3 Å². The quantitative estimate of drug-likeness (QED) is 0.648. The second kappa shape index (κ2) is 9.00. The number of aryl methyl sites for hydroxylation is 1. The fourth-order valence-corrected chi connectivity index (χ4v) is 3.76. The Bertz CT molecular complexity index is 1080. The number of amides is 2. The largest absolute Gasteiger partial charge is 0.484 e. The molecule has 0 aliphatic carbocycles. The van der Waals surface area contributed by atoms with Gasteiger partial charge in [-0.2, -0.15) is 0 Å². The third-order valence-electron chi connectivity index (χ3n) is 5.42. The van der Waals surface area contributed by atoms with Gasteiger partial charge < -0.3 is 15.0 Å². The molecule has 0 spiro atoms. The van der Waals surface area contributed by atoms with E-state index in [1.54, 1.807) is 36.2 Å². The van der Waals surface area contributed by atoms with E-state index < -0.39 is 0 Å². The number of nitrogens with zero attached hydrogens (tertiary/aromatic N) is 1. The molecule has 1 heterocycles. The van der Waals surface area contributed by atoms with Gasteiger partial charge >= 0.3 is 0 Å². The minimum atomic E-state index is -0.364. The van der Waals surface area contributed by atoms with Crippen LogP contribution in [0.3, 0.4) is 0 Å². The van der Waals surface area contributed by atoms with E-state index in [-0.39, 0.29) is 30.3 Å². The van der Waals surface area contributed by atoms with Crippen LogP contribution < -0.4 is 10.1 Å². The molecule has 1 aliphatic heterocycles. The maximum Gasteiger partial charge on any atom is 0.261 e. The van der Waals surface area contributed by atoms with Crippen LogP contribution in [0.4, 0.5) is 10.1 Å². The molecule has 0 aromatic heterocycles. The number of ether oxygens (including phenoxy) is 1. The van der Waals surface area contributed by atoms with E-state index in [1.807, 2.05) is 36.4 Å². The van der Waals surface area contributed by atoms with Crippen LogP contribution >= 0.6 is 0 Å². The fourth-order valence-electron chi connectivity index (χ4n) is 3.76. The third kappa shape index (κ3) is 4.74. The Morgan fingerprint density at radius 1 is 1.03 bits per heavy atom. The topological polar surface area (TPSA) is 58.6 Å². The maximum atomic E-state index is 13.4. The lowest BCUT2D eigenvalue weighted by Gasteiger charge is -2.29. The molecule has 0 saturated heterocycles. The number of benzene rings is 3. The molecule has 2 amide bonds. The van der Waals surface area contributed by atoms with Crippen LogP contribution in [-0.4, -0.2) is 30.4 Å². The molecule has 1 aliphatic rings. The number of halogens is 1. The molecular weight excluding hydrogens is 395 g/mol. The summed E-state index contributed by atoms with van der Waals surface area (Å²) in [5.74, 6) is 0.0566. The normalized spacial score (nSPS) is 13.7. The Balaban J connectivity index is 1.49. The predicted octanol–water partition coefficient (Wildman–Crippen LogP) is 4.34. The lowest BCUT2D eigenvalue weighted by Crippen LogP contribution is -2.35. The zero-order chi connectivity index (χ0) is 21.8. The third-order valence-corrected chi connectivity index (χ3v) is 5.42.